The Hall–Kier alpha value is -2.41. The summed E-state index contributed by atoms with van der Waals surface area (Å²) in [7, 11) is 1.86. The van der Waals surface area contributed by atoms with E-state index in [9.17, 15) is 9.59 Å². The van der Waals surface area contributed by atoms with Gasteiger partial charge < -0.3 is 15.1 Å². The number of rotatable bonds is 7. The van der Waals surface area contributed by atoms with E-state index in [0.717, 1.165) is 49.5 Å². The minimum atomic E-state index is -0.200. The summed E-state index contributed by atoms with van der Waals surface area (Å²) in [4.78, 5) is 30.6. The fourth-order valence-electron chi connectivity index (χ4n) is 5.73. The van der Waals surface area contributed by atoms with Gasteiger partial charge in [0.25, 0.3) is 11.5 Å². The average Bonchev–Trinajstić information content (AvgIpc) is 3.13. The van der Waals surface area contributed by atoms with Crippen molar-refractivity contribution in [2.24, 2.45) is 7.05 Å². The van der Waals surface area contributed by atoms with Crippen LogP contribution >= 0.6 is 11.6 Å². The van der Waals surface area contributed by atoms with E-state index in [1.165, 1.54) is 38.5 Å². The zero-order chi connectivity index (χ0) is 24.2. The zero-order valence-corrected chi connectivity index (χ0v) is 21.5. The Bertz CT molecular complexity index is 1060. The number of nitrogens with one attached hydrogen (secondary N) is 2. The molecule has 1 aliphatic carbocycles. The number of carbonyl (C=O) groups is 1. The lowest BCUT2D eigenvalue weighted by atomic mass is 9.93. The van der Waals surface area contributed by atoms with Crippen molar-refractivity contribution in [1.82, 2.24) is 15.1 Å². The van der Waals surface area contributed by atoms with Crippen molar-refractivity contribution in [2.75, 3.05) is 29.4 Å². The highest BCUT2D eigenvalue weighted by molar-refractivity contribution is 6.31. The van der Waals surface area contributed by atoms with Crippen molar-refractivity contribution in [3.05, 3.63) is 44.2 Å². The maximum absolute atomic E-state index is 13.3. The summed E-state index contributed by atoms with van der Waals surface area (Å²) >= 11 is 6.51. The fraction of sp³-hybridized carbons (Fsp3) is 0.615. The van der Waals surface area contributed by atoms with E-state index in [1.54, 1.807) is 10.7 Å². The number of nitrogens with zero attached hydrogens (tertiary/aromatic N) is 3. The van der Waals surface area contributed by atoms with E-state index in [1.807, 2.05) is 20.0 Å². The maximum Gasteiger partial charge on any atom is 0.271 e. The van der Waals surface area contributed by atoms with Crippen molar-refractivity contribution in [3.63, 3.8) is 0 Å². The summed E-state index contributed by atoms with van der Waals surface area (Å²) in [6.07, 6.45) is 9.60. The lowest BCUT2D eigenvalue weighted by Crippen LogP contribution is -2.37. The van der Waals surface area contributed by atoms with Crippen LogP contribution in [0.3, 0.4) is 0 Å². The molecule has 1 aromatic carbocycles. The summed E-state index contributed by atoms with van der Waals surface area (Å²) in [5, 5.41) is 6.43. The lowest BCUT2D eigenvalue weighted by molar-refractivity contribution is 0.0950. The van der Waals surface area contributed by atoms with Gasteiger partial charge in [-0.3, -0.25) is 19.4 Å². The molecule has 7 nitrogen and oxygen atoms in total. The summed E-state index contributed by atoms with van der Waals surface area (Å²) < 4.78 is 1.78. The van der Waals surface area contributed by atoms with Crippen molar-refractivity contribution >= 4 is 29.0 Å². The van der Waals surface area contributed by atoms with Crippen LogP contribution < -0.4 is 20.7 Å². The van der Waals surface area contributed by atoms with Crippen LogP contribution in [0.5, 0.6) is 0 Å². The standard InChI is InChI=1S/C26H38ClN5O2/c1-4-32(20-11-7-5-8-12-20)23-16-19(27)15-21(18(23)2)24(33)28-17-22-25(34)29-30(3)26(22)31-13-9-6-10-14-31/h15-16,20H,4-14,17H2,1-3H3,(H,28,33)(H,29,34). The summed E-state index contributed by atoms with van der Waals surface area (Å²) in [6.45, 7) is 7.08. The Balaban J connectivity index is 1.56. The molecule has 34 heavy (non-hydrogen) atoms. The molecule has 0 unspecified atom stereocenters. The molecule has 1 amide bonds. The molecule has 1 aromatic heterocycles. The monoisotopic (exact) mass is 487 g/mol. The third kappa shape index (κ3) is 5.14. The number of benzene rings is 1. The SMILES string of the molecule is CCN(c1cc(Cl)cc(C(=O)NCc2c(N3CCCCC3)n(C)[nH]c2=O)c1C)C1CCCCC1. The molecule has 1 aliphatic heterocycles. The number of aromatic nitrogens is 2. The van der Waals surface area contributed by atoms with Crippen LogP contribution in [0.1, 0.15) is 79.8 Å². The number of aryl methyl sites for hydroxylation is 1. The van der Waals surface area contributed by atoms with Gasteiger partial charge >= 0.3 is 0 Å². The molecule has 0 atom stereocenters. The van der Waals surface area contributed by atoms with Crippen LogP contribution in [0.2, 0.25) is 5.02 Å². The first-order valence-electron chi connectivity index (χ1n) is 12.8. The third-order valence-corrected chi connectivity index (χ3v) is 7.69. The predicted molar refractivity (Wildman–Crippen MR) is 139 cm³/mol. The molecule has 0 spiro atoms. The topological polar surface area (TPSA) is 73.4 Å². The number of anilines is 2. The van der Waals surface area contributed by atoms with E-state index in [4.69, 9.17) is 11.6 Å². The van der Waals surface area contributed by atoms with Gasteiger partial charge in [0.15, 0.2) is 0 Å². The van der Waals surface area contributed by atoms with Crippen LogP contribution in [-0.2, 0) is 13.6 Å². The van der Waals surface area contributed by atoms with Crippen LogP contribution in [0.25, 0.3) is 0 Å². The Labute approximate surface area is 207 Å². The highest BCUT2D eigenvalue weighted by Crippen LogP contribution is 2.33. The summed E-state index contributed by atoms with van der Waals surface area (Å²) in [6, 6.07) is 4.22. The number of hydrogen-bond donors (Lipinski definition) is 2. The number of aromatic amines is 1. The van der Waals surface area contributed by atoms with E-state index in [0.29, 0.717) is 22.2 Å². The second-order valence-corrected chi connectivity index (χ2v) is 10.1. The van der Waals surface area contributed by atoms with Crippen LogP contribution in [0, 0.1) is 6.92 Å². The van der Waals surface area contributed by atoms with Gasteiger partial charge in [-0.2, -0.15) is 0 Å². The number of H-pyrrole nitrogens is 1. The molecular formula is C26H38ClN5O2. The van der Waals surface area contributed by atoms with E-state index >= 15 is 0 Å². The zero-order valence-electron chi connectivity index (χ0n) is 20.8. The van der Waals surface area contributed by atoms with Gasteiger partial charge in [0, 0.05) is 49.0 Å². The first-order chi connectivity index (χ1) is 16.4. The van der Waals surface area contributed by atoms with E-state index in [-0.39, 0.29) is 18.0 Å². The van der Waals surface area contributed by atoms with Gasteiger partial charge in [-0.05, 0) is 63.6 Å². The second-order valence-electron chi connectivity index (χ2n) is 9.71. The molecule has 2 aliphatic rings. The number of carbonyl (C=O) groups excluding carboxylic acids is 1. The van der Waals surface area contributed by atoms with Gasteiger partial charge in [0.2, 0.25) is 0 Å². The van der Waals surface area contributed by atoms with Crippen molar-refractivity contribution in [2.45, 2.75) is 77.8 Å². The molecular weight excluding hydrogens is 450 g/mol. The first kappa shape index (κ1) is 24.7. The minimum Gasteiger partial charge on any atom is -0.369 e. The summed E-state index contributed by atoms with van der Waals surface area (Å²) in [5.74, 6) is 0.678. The number of hydrogen-bond acceptors (Lipinski definition) is 4. The Morgan fingerprint density at radius 1 is 1.15 bits per heavy atom. The highest BCUT2D eigenvalue weighted by atomic mass is 35.5. The molecule has 2 heterocycles. The van der Waals surface area contributed by atoms with Gasteiger partial charge in [0.1, 0.15) is 5.82 Å². The normalized spacial score (nSPS) is 17.1. The second kappa shape index (κ2) is 10.9. The predicted octanol–water partition coefficient (Wildman–Crippen LogP) is 4.75. The van der Waals surface area contributed by atoms with E-state index < -0.39 is 0 Å². The lowest BCUT2D eigenvalue weighted by Gasteiger charge is -2.36. The molecule has 186 valence electrons. The molecule has 2 N–H and O–H groups in total. The quantitative estimate of drug-likeness (QED) is 0.590. The minimum absolute atomic E-state index is 0.152. The van der Waals surface area contributed by atoms with Crippen molar-refractivity contribution < 1.29 is 4.79 Å². The molecule has 0 radical (unpaired) electrons. The summed E-state index contributed by atoms with van der Waals surface area (Å²) in [5.41, 5.74) is 3.01. The van der Waals surface area contributed by atoms with Crippen LogP contribution in [0.4, 0.5) is 11.5 Å². The Morgan fingerprint density at radius 3 is 2.50 bits per heavy atom. The van der Waals surface area contributed by atoms with Crippen molar-refractivity contribution in [1.29, 1.82) is 0 Å². The van der Waals surface area contributed by atoms with Crippen LogP contribution in [0.15, 0.2) is 16.9 Å². The fourth-order valence-corrected chi connectivity index (χ4v) is 5.94. The molecule has 0 bridgehead atoms. The largest absolute Gasteiger partial charge is 0.369 e. The van der Waals surface area contributed by atoms with Crippen LogP contribution in [-0.4, -0.2) is 41.4 Å². The van der Waals surface area contributed by atoms with E-state index in [2.05, 4.69) is 27.1 Å². The molecule has 8 heteroatoms. The van der Waals surface area contributed by atoms with Crippen molar-refractivity contribution in [3.8, 4) is 0 Å². The van der Waals surface area contributed by atoms with Gasteiger partial charge in [0.05, 0.1) is 12.1 Å². The van der Waals surface area contributed by atoms with Gasteiger partial charge in [-0.1, -0.05) is 30.9 Å². The third-order valence-electron chi connectivity index (χ3n) is 7.47. The number of amides is 1. The highest BCUT2D eigenvalue weighted by Gasteiger charge is 2.25. The first-order valence-corrected chi connectivity index (χ1v) is 13.2. The number of halogens is 1. The average molecular weight is 488 g/mol. The number of piperidine rings is 1. The molecule has 1 saturated heterocycles. The Kier molecular flexibility index (Phi) is 7.91. The van der Waals surface area contributed by atoms with Gasteiger partial charge in [-0.15, -0.1) is 0 Å². The molecule has 2 aromatic rings. The van der Waals surface area contributed by atoms with Gasteiger partial charge in [-0.25, -0.2) is 0 Å². The smallest absolute Gasteiger partial charge is 0.271 e. The molecule has 4 rings (SSSR count). The molecule has 1 saturated carbocycles. The maximum atomic E-state index is 13.3. The molecule has 2 fully saturated rings. The Morgan fingerprint density at radius 2 is 1.82 bits per heavy atom.